The highest BCUT2D eigenvalue weighted by Crippen LogP contribution is 2.67. The van der Waals surface area contributed by atoms with Crippen LogP contribution in [0.2, 0.25) is 0 Å². The molecule has 238 valence electrons. The summed E-state index contributed by atoms with van der Waals surface area (Å²) in [6.07, 6.45) is 15.2. The molecule has 1 amide bonds. The average molecular weight is 609 g/mol. The van der Waals surface area contributed by atoms with Crippen molar-refractivity contribution in [3.63, 3.8) is 0 Å². The van der Waals surface area contributed by atoms with Crippen LogP contribution >= 0.6 is 0 Å². The van der Waals surface area contributed by atoms with Gasteiger partial charge >= 0.3 is 5.97 Å². The van der Waals surface area contributed by atoms with Gasteiger partial charge in [-0.2, -0.15) is 0 Å². The van der Waals surface area contributed by atoms with Crippen molar-refractivity contribution in [2.75, 3.05) is 18.9 Å². The zero-order valence-corrected chi connectivity index (χ0v) is 25.5. The van der Waals surface area contributed by atoms with Gasteiger partial charge < -0.3 is 25.1 Å². The molecule has 3 fully saturated rings. The first-order valence-electron chi connectivity index (χ1n) is 15.3. The number of benzene rings is 1. The minimum atomic E-state index is -1.10. The smallest absolute Gasteiger partial charge is 0.328 e. The molecular weight excluding hydrogens is 566 g/mol. The van der Waals surface area contributed by atoms with Crippen LogP contribution < -0.4 is 15.6 Å². The predicted molar refractivity (Wildman–Crippen MR) is 158 cm³/mol. The quantitative estimate of drug-likeness (QED) is 0.197. The highest BCUT2D eigenvalue weighted by Gasteiger charge is 2.63. The first-order chi connectivity index (χ1) is 20.8. The van der Waals surface area contributed by atoms with Crippen LogP contribution in [0.3, 0.4) is 0 Å². The first-order valence-corrected chi connectivity index (χ1v) is 15.3. The Labute approximate surface area is 257 Å². The summed E-state index contributed by atoms with van der Waals surface area (Å²) in [5.74, 6) is 2.33. The summed E-state index contributed by atoms with van der Waals surface area (Å²) in [4.78, 5) is 30.4. The third-order valence-corrected chi connectivity index (χ3v) is 11.2. The largest absolute Gasteiger partial charge is 0.871 e. The Hall–Kier alpha value is -3.59. The van der Waals surface area contributed by atoms with Crippen molar-refractivity contribution < 1.29 is 39.8 Å². The van der Waals surface area contributed by atoms with Gasteiger partial charge in [0.05, 0.1) is 18.5 Å². The number of hydrogen-bond donors (Lipinski definition) is 4. The highest BCUT2D eigenvalue weighted by molar-refractivity contribution is 5.96. The van der Waals surface area contributed by atoms with Crippen LogP contribution in [0.4, 0.5) is 5.69 Å². The van der Waals surface area contributed by atoms with Crippen LogP contribution in [0.15, 0.2) is 35.0 Å². The number of methoxy groups -OCH3 is 1. The lowest BCUT2D eigenvalue weighted by molar-refractivity contribution is -0.268. The van der Waals surface area contributed by atoms with E-state index in [1.54, 1.807) is 0 Å². The van der Waals surface area contributed by atoms with Crippen LogP contribution in [0.1, 0.15) is 70.8 Å². The molecule has 11 heteroatoms. The Morgan fingerprint density at radius 2 is 1.93 bits per heavy atom. The van der Waals surface area contributed by atoms with Crippen LogP contribution in [0.25, 0.3) is 0 Å². The lowest BCUT2D eigenvalue weighted by Gasteiger charge is -2.58. The Bertz CT molecular complexity index is 1400. The minimum absolute atomic E-state index is 0.0527. The summed E-state index contributed by atoms with van der Waals surface area (Å²) >= 11 is 0. The molecule has 4 aliphatic carbocycles. The molecular formula is C33H42N3O8-. The van der Waals surface area contributed by atoms with Gasteiger partial charge in [-0.1, -0.05) is 48.4 Å². The number of amides is 1. The number of oxime groups is 1. The van der Waals surface area contributed by atoms with E-state index in [0.29, 0.717) is 29.7 Å². The number of allylic oxidation sites excluding steroid dienone is 2. The van der Waals surface area contributed by atoms with Gasteiger partial charge in [0.15, 0.2) is 6.61 Å². The maximum Gasteiger partial charge on any atom is 0.328 e. The van der Waals surface area contributed by atoms with Crippen molar-refractivity contribution in [1.29, 1.82) is 0 Å². The number of terminal acetylenes is 1. The summed E-state index contributed by atoms with van der Waals surface area (Å²) in [5, 5.41) is 48.0. The molecule has 44 heavy (non-hydrogen) atoms. The summed E-state index contributed by atoms with van der Waals surface area (Å²) in [6, 6.07) is 2.67. The number of ether oxygens (including phenoxy) is 1. The fourth-order valence-corrected chi connectivity index (χ4v) is 8.72. The number of aliphatic hydroxyl groups is 1. The molecule has 0 radical (unpaired) electrons. The first kappa shape index (κ1) is 31.8. The van der Waals surface area contributed by atoms with Crippen LogP contribution in [-0.4, -0.2) is 58.5 Å². The van der Waals surface area contributed by atoms with E-state index in [2.05, 4.69) is 36.3 Å². The summed E-state index contributed by atoms with van der Waals surface area (Å²) < 4.78 is 4.81. The molecule has 0 heterocycles. The predicted octanol–water partition coefficient (Wildman–Crippen LogP) is 3.25. The molecule has 11 nitrogen and oxygen atoms in total. The maximum absolute atomic E-state index is 12.7. The zero-order valence-electron chi connectivity index (χ0n) is 25.5. The second-order valence-corrected chi connectivity index (χ2v) is 13.3. The van der Waals surface area contributed by atoms with Crippen LogP contribution in [0.5, 0.6) is 5.75 Å². The van der Waals surface area contributed by atoms with Gasteiger partial charge in [0.1, 0.15) is 11.6 Å². The van der Waals surface area contributed by atoms with E-state index < -0.39 is 35.9 Å². The molecule has 4 aliphatic rings. The molecule has 4 N–H and O–H groups in total. The number of nitrogens with zero attached hydrogens (tertiary/aromatic N) is 2. The van der Waals surface area contributed by atoms with Gasteiger partial charge in [0, 0.05) is 11.8 Å². The fourth-order valence-electron chi connectivity index (χ4n) is 8.72. The van der Waals surface area contributed by atoms with Crippen LogP contribution in [-0.2, 0) is 25.6 Å². The molecule has 0 saturated heterocycles. The third kappa shape index (κ3) is 5.55. The van der Waals surface area contributed by atoms with Crippen molar-refractivity contribution in [3.05, 3.63) is 35.4 Å². The molecule has 1 aromatic rings. The lowest BCUT2D eigenvalue weighted by atomic mass is 9.46. The third-order valence-electron chi connectivity index (χ3n) is 11.2. The zero-order chi connectivity index (χ0) is 31.9. The van der Waals surface area contributed by atoms with Gasteiger partial charge in [-0.05, 0) is 92.2 Å². The Morgan fingerprint density at radius 3 is 2.64 bits per heavy atom. The van der Waals surface area contributed by atoms with Crippen LogP contribution in [0, 0.1) is 40.9 Å². The normalized spacial score (nSPS) is 34.0. The molecule has 0 bridgehead atoms. The number of hydrogen-bond acceptors (Lipinski definition) is 10. The number of nitrogens with one attached hydrogen (secondary N) is 1. The van der Waals surface area contributed by atoms with Gasteiger partial charge in [-0.15, -0.1) is 11.6 Å². The van der Waals surface area contributed by atoms with E-state index in [1.165, 1.54) is 24.8 Å². The van der Waals surface area contributed by atoms with Crippen molar-refractivity contribution >= 4 is 23.3 Å². The molecule has 1 aromatic carbocycles. The van der Waals surface area contributed by atoms with E-state index in [1.807, 2.05) is 0 Å². The standard InChI is InChI=1S/C33H43N3O8/c1-5-33(40)15-12-25-23-8-7-21-18-22(10-13-31(21,2)24(23)11-14-32(25,33)3)35-44-19-29(38)34-26(30(39)43-4)16-20-6-9-28(37)27(17-20)36(41)42/h1,6,9,17-18,23-26,37,40-42H,7-8,10-16,19H2,2-4H3,(H,34,38)/p-1/t23-,24-,25+,26-,31-,32+,33+/m0/s1. The van der Waals surface area contributed by atoms with Crippen molar-refractivity contribution in [1.82, 2.24) is 5.32 Å². The molecule has 0 unspecified atom stereocenters. The van der Waals surface area contributed by atoms with Gasteiger partial charge in [-0.25, -0.2) is 4.79 Å². The molecule has 0 aromatic heterocycles. The molecule has 5 rings (SSSR count). The molecule has 7 atom stereocenters. The molecule has 0 aliphatic heterocycles. The monoisotopic (exact) mass is 608 g/mol. The molecule has 3 saturated carbocycles. The van der Waals surface area contributed by atoms with E-state index in [4.69, 9.17) is 16.0 Å². The van der Waals surface area contributed by atoms with Gasteiger partial charge in [0.25, 0.3) is 5.91 Å². The second kappa shape index (κ2) is 12.1. The number of carbonyl (C=O) groups is 2. The van der Waals surface area contributed by atoms with Crippen molar-refractivity contribution in [3.8, 4) is 18.1 Å². The highest BCUT2D eigenvalue weighted by atomic mass is 16.8. The Morgan fingerprint density at radius 1 is 1.18 bits per heavy atom. The Kier molecular flexibility index (Phi) is 8.73. The topological polar surface area (TPSA) is 164 Å². The number of fused-ring (bicyclic) bond motifs is 5. The SMILES string of the molecule is C#C[C@@]1(O)CC[C@@H]2[C@H]3CCC4=CC(=NOCC(=O)N[C@@H](Cc5ccc([O-])c(N(O)O)c5)C(=O)OC)CC[C@]4(C)[C@H]3CC[C@]21C. The number of anilines is 1. The van der Waals surface area contributed by atoms with E-state index in [-0.39, 0.29) is 28.2 Å². The number of rotatable bonds is 8. The number of esters is 1. The second-order valence-electron chi connectivity index (χ2n) is 13.3. The summed E-state index contributed by atoms with van der Waals surface area (Å²) in [7, 11) is 1.19. The Balaban J connectivity index is 1.20. The summed E-state index contributed by atoms with van der Waals surface area (Å²) in [6.45, 7) is 4.15. The van der Waals surface area contributed by atoms with E-state index in [0.717, 1.165) is 56.7 Å². The van der Waals surface area contributed by atoms with Gasteiger partial charge in [-0.3, -0.25) is 15.2 Å². The summed E-state index contributed by atoms with van der Waals surface area (Å²) in [5.41, 5.74) is 0.967. The molecule has 0 spiro atoms. The van der Waals surface area contributed by atoms with E-state index in [9.17, 15) is 30.2 Å². The average Bonchev–Trinajstić information content (AvgIpc) is 3.27. The fraction of sp³-hybridized carbons (Fsp3) is 0.606. The van der Waals surface area contributed by atoms with E-state index >= 15 is 0 Å². The van der Waals surface area contributed by atoms with Crippen molar-refractivity contribution in [2.45, 2.75) is 83.3 Å². The van der Waals surface area contributed by atoms with Crippen molar-refractivity contribution in [2.24, 2.45) is 33.7 Å². The van der Waals surface area contributed by atoms with Gasteiger partial charge in [0.2, 0.25) is 0 Å². The maximum atomic E-state index is 12.7. The minimum Gasteiger partial charge on any atom is -0.871 e. The lowest BCUT2D eigenvalue weighted by Crippen LogP contribution is -2.54. The number of carbonyl (C=O) groups excluding carboxylic acids is 2.